The second-order valence-electron chi connectivity index (χ2n) is 8.23. The molecule has 1 saturated carbocycles. The zero-order chi connectivity index (χ0) is 21.8. The first-order valence-electron chi connectivity index (χ1n) is 10.3. The molecule has 0 aromatic heterocycles. The predicted octanol–water partition coefficient (Wildman–Crippen LogP) is 1.49. The second kappa shape index (κ2) is 9.53. The molecule has 2 aliphatic rings. The third kappa shape index (κ3) is 4.96. The average Bonchev–Trinajstić information content (AvgIpc) is 2.61. The summed E-state index contributed by atoms with van der Waals surface area (Å²) in [5, 5.41) is 2.51. The summed E-state index contributed by atoms with van der Waals surface area (Å²) < 4.78 is 19.8. The van der Waals surface area contributed by atoms with Crippen molar-refractivity contribution in [3.05, 3.63) is 24.0 Å². The molecule has 1 aromatic rings. The van der Waals surface area contributed by atoms with Crippen molar-refractivity contribution >= 4 is 29.1 Å². The number of carbonyl (C=O) groups excluding carboxylic acids is 3. The van der Waals surface area contributed by atoms with Crippen molar-refractivity contribution in [3.63, 3.8) is 0 Å². The third-order valence-corrected chi connectivity index (χ3v) is 5.48. The Labute approximate surface area is 175 Å². The largest absolute Gasteiger partial charge is 0.370 e. The van der Waals surface area contributed by atoms with Gasteiger partial charge in [0, 0.05) is 24.8 Å². The Hall–Kier alpha value is -2.52. The van der Waals surface area contributed by atoms with E-state index in [1.807, 2.05) is 18.7 Å². The second-order valence-corrected chi connectivity index (χ2v) is 8.23. The summed E-state index contributed by atoms with van der Waals surface area (Å²) in [6.07, 6.45) is 2.85. The van der Waals surface area contributed by atoms with Gasteiger partial charge in [-0.15, -0.1) is 0 Å². The third-order valence-electron chi connectivity index (χ3n) is 5.48. The van der Waals surface area contributed by atoms with Crippen LogP contribution in [0, 0.1) is 11.7 Å². The van der Waals surface area contributed by atoms with Crippen LogP contribution in [0.25, 0.3) is 0 Å². The van der Waals surface area contributed by atoms with Crippen LogP contribution in [0.2, 0.25) is 0 Å². The van der Waals surface area contributed by atoms with Gasteiger partial charge in [0.05, 0.1) is 12.3 Å². The van der Waals surface area contributed by atoms with Crippen LogP contribution in [-0.2, 0) is 19.1 Å². The van der Waals surface area contributed by atoms with Crippen molar-refractivity contribution in [1.29, 1.82) is 0 Å². The highest BCUT2D eigenvalue weighted by molar-refractivity contribution is 6.09. The van der Waals surface area contributed by atoms with Crippen LogP contribution >= 0.6 is 0 Å². The van der Waals surface area contributed by atoms with Crippen LogP contribution in [0.4, 0.5) is 15.8 Å². The van der Waals surface area contributed by atoms with E-state index in [0.29, 0.717) is 25.4 Å². The Morgan fingerprint density at radius 1 is 1.37 bits per heavy atom. The van der Waals surface area contributed by atoms with E-state index >= 15 is 0 Å². The molecule has 1 saturated heterocycles. The van der Waals surface area contributed by atoms with E-state index in [4.69, 9.17) is 10.5 Å². The van der Waals surface area contributed by atoms with Crippen LogP contribution in [-0.4, -0.2) is 61.0 Å². The minimum atomic E-state index is -1.17. The van der Waals surface area contributed by atoms with Gasteiger partial charge in [0.2, 0.25) is 5.91 Å². The fraction of sp³-hybridized carbons (Fsp3) is 0.571. The van der Waals surface area contributed by atoms with Gasteiger partial charge in [0.15, 0.2) is 6.04 Å². The number of anilines is 2. The number of carbonyl (C=O) groups is 3. The minimum Gasteiger partial charge on any atom is -0.370 e. The first kappa shape index (κ1) is 22.2. The molecule has 1 aromatic carbocycles. The van der Waals surface area contributed by atoms with E-state index in [2.05, 4.69) is 5.32 Å². The van der Waals surface area contributed by atoms with Gasteiger partial charge in [0.1, 0.15) is 12.4 Å². The van der Waals surface area contributed by atoms with E-state index in [9.17, 15) is 18.8 Å². The van der Waals surface area contributed by atoms with Crippen LogP contribution in [0.1, 0.15) is 33.1 Å². The maximum Gasteiger partial charge on any atom is 0.253 e. The van der Waals surface area contributed by atoms with Crippen molar-refractivity contribution in [2.75, 3.05) is 36.5 Å². The number of nitrogens with two attached hydrogens (primary N) is 1. The number of nitrogens with one attached hydrogen (secondary N) is 1. The fourth-order valence-corrected chi connectivity index (χ4v) is 3.81. The van der Waals surface area contributed by atoms with Crippen LogP contribution in [0.3, 0.4) is 0 Å². The summed E-state index contributed by atoms with van der Waals surface area (Å²) >= 11 is 0. The SMILES string of the molecule is CC(C)CN(C1CCC1)[C@H](C(N)=O)C(=O)Nc1ccc(N2CCOCC2=O)cc1F. The highest BCUT2D eigenvalue weighted by Crippen LogP contribution is 2.28. The smallest absolute Gasteiger partial charge is 0.253 e. The van der Waals surface area contributed by atoms with E-state index in [-0.39, 0.29) is 30.2 Å². The van der Waals surface area contributed by atoms with Crippen molar-refractivity contribution in [3.8, 4) is 0 Å². The summed E-state index contributed by atoms with van der Waals surface area (Å²) in [5.74, 6) is -2.11. The molecule has 0 unspecified atom stereocenters. The number of nitrogens with zero attached hydrogens (tertiary/aromatic N) is 2. The molecule has 9 heteroatoms. The summed E-state index contributed by atoms with van der Waals surface area (Å²) in [6.45, 7) is 5.22. The van der Waals surface area contributed by atoms with Crippen molar-refractivity contribution < 1.29 is 23.5 Å². The molecule has 164 valence electrons. The molecule has 0 radical (unpaired) electrons. The number of hydrogen-bond acceptors (Lipinski definition) is 5. The molecule has 1 atom stereocenters. The predicted molar refractivity (Wildman–Crippen MR) is 110 cm³/mol. The maximum absolute atomic E-state index is 14.7. The average molecular weight is 420 g/mol. The normalized spacial score (nSPS) is 18.4. The molecule has 3 amide bonds. The van der Waals surface area contributed by atoms with Crippen LogP contribution < -0.4 is 16.0 Å². The summed E-state index contributed by atoms with van der Waals surface area (Å²) in [5.41, 5.74) is 5.90. The number of hydrogen-bond donors (Lipinski definition) is 2. The lowest BCUT2D eigenvalue weighted by atomic mass is 9.89. The molecule has 0 spiro atoms. The zero-order valence-corrected chi connectivity index (χ0v) is 17.4. The molecule has 0 bridgehead atoms. The van der Waals surface area contributed by atoms with Crippen LogP contribution in [0.15, 0.2) is 18.2 Å². The first-order valence-corrected chi connectivity index (χ1v) is 10.3. The van der Waals surface area contributed by atoms with Crippen molar-refractivity contribution in [1.82, 2.24) is 4.90 Å². The molecular weight excluding hydrogens is 391 g/mol. The topological polar surface area (TPSA) is 105 Å². The van der Waals surface area contributed by atoms with Gasteiger partial charge in [0.25, 0.3) is 11.8 Å². The minimum absolute atomic E-state index is 0.0484. The lowest BCUT2D eigenvalue weighted by molar-refractivity contribution is -0.135. The highest BCUT2D eigenvalue weighted by Gasteiger charge is 2.38. The van der Waals surface area contributed by atoms with Gasteiger partial charge in [-0.2, -0.15) is 0 Å². The van der Waals surface area contributed by atoms with Crippen molar-refractivity contribution in [2.24, 2.45) is 11.7 Å². The number of primary amides is 1. The summed E-state index contributed by atoms with van der Waals surface area (Å²) in [7, 11) is 0. The van der Waals surface area contributed by atoms with Gasteiger partial charge < -0.3 is 20.7 Å². The first-order chi connectivity index (χ1) is 14.3. The number of ether oxygens (including phenoxy) is 1. The van der Waals surface area contributed by atoms with Gasteiger partial charge in [-0.3, -0.25) is 19.3 Å². The molecule has 1 aliphatic heterocycles. The lowest BCUT2D eigenvalue weighted by Gasteiger charge is -2.41. The van der Waals surface area contributed by atoms with Crippen LogP contribution in [0.5, 0.6) is 0 Å². The molecule has 3 rings (SSSR count). The van der Waals surface area contributed by atoms with Crippen molar-refractivity contribution in [2.45, 2.75) is 45.2 Å². The number of benzene rings is 1. The Kier molecular flexibility index (Phi) is 7.04. The molecule has 30 heavy (non-hydrogen) atoms. The standard InChI is InChI=1S/C21H29FN4O4/c1-13(2)11-26(14-4-3-5-14)19(20(23)28)21(29)24-17-7-6-15(10-16(17)22)25-8-9-30-12-18(25)27/h6-7,10,13-14,19H,3-5,8-9,11-12H2,1-2H3,(H2,23,28)(H,24,29)/t19-/m1/s1. The number of rotatable bonds is 8. The Morgan fingerprint density at radius 2 is 2.10 bits per heavy atom. The van der Waals surface area contributed by atoms with Gasteiger partial charge in [-0.05, 0) is 37.0 Å². The number of morpholine rings is 1. The van der Waals surface area contributed by atoms with E-state index in [1.54, 1.807) is 6.07 Å². The maximum atomic E-state index is 14.7. The molecule has 8 nitrogen and oxygen atoms in total. The highest BCUT2D eigenvalue weighted by atomic mass is 19.1. The Morgan fingerprint density at radius 3 is 2.63 bits per heavy atom. The quantitative estimate of drug-likeness (QED) is 0.620. The van der Waals surface area contributed by atoms with Gasteiger partial charge >= 0.3 is 0 Å². The van der Waals surface area contributed by atoms with Gasteiger partial charge in [-0.1, -0.05) is 20.3 Å². The van der Waals surface area contributed by atoms with E-state index in [0.717, 1.165) is 19.3 Å². The molecular formula is C21H29FN4O4. The van der Waals surface area contributed by atoms with E-state index in [1.165, 1.54) is 17.0 Å². The van der Waals surface area contributed by atoms with E-state index < -0.39 is 23.7 Å². The summed E-state index contributed by atoms with van der Waals surface area (Å²) in [4.78, 5) is 40.3. The summed E-state index contributed by atoms with van der Waals surface area (Å²) in [6, 6.07) is 3.09. The number of amides is 3. The molecule has 2 fully saturated rings. The molecule has 1 heterocycles. The molecule has 3 N–H and O–H groups in total. The zero-order valence-electron chi connectivity index (χ0n) is 17.4. The monoisotopic (exact) mass is 420 g/mol. The Bertz CT molecular complexity index is 812. The lowest BCUT2D eigenvalue weighted by Crippen LogP contribution is -2.58. The fourth-order valence-electron chi connectivity index (χ4n) is 3.81. The Balaban J connectivity index is 1.76. The number of halogens is 1. The van der Waals surface area contributed by atoms with Gasteiger partial charge in [-0.25, -0.2) is 4.39 Å². The molecule has 1 aliphatic carbocycles.